The topological polar surface area (TPSA) is 86.2 Å². The normalized spacial score (nSPS) is 10.8. The highest BCUT2D eigenvalue weighted by molar-refractivity contribution is 5.98. The molecule has 0 aliphatic heterocycles. The van der Waals surface area contributed by atoms with Gasteiger partial charge in [0.25, 0.3) is 5.91 Å². The predicted octanol–water partition coefficient (Wildman–Crippen LogP) is 1.20. The highest BCUT2D eigenvalue weighted by Crippen LogP contribution is 2.17. The minimum atomic E-state index is -0.518. The molecule has 0 fully saturated rings. The largest absolute Gasteiger partial charge is 0.365 e. The van der Waals surface area contributed by atoms with Crippen LogP contribution in [0.3, 0.4) is 0 Å². The maximum Gasteiger partial charge on any atom is 0.252 e. The SMILES string of the molecule is Cc1cc(-c2nc3c(C(N)=O)cccn3n2)ccn1. The van der Waals surface area contributed by atoms with E-state index in [2.05, 4.69) is 15.1 Å². The average Bonchev–Trinajstić information content (AvgIpc) is 2.82. The molecule has 1 amide bonds. The van der Waals surface area contributed by atoms with Gasteiger partial charge in [-0.15, -0.1) is 5.10 Å². The van der Waals surface area contributed by atoms with Gasteiger partial charge >= 0.3 is 0 Å². The minimum Gasteiger partial charge on any atom is -0.365 e. The third-order valence-corrected chi connectivity index (χ3v) is 2.78. The van der Waals surface area contributed by atoms with Gasteiger partial charge in [0, 0.05) is 23.7 Å². The summed E-state index contributed by atoms with van der Waals surface area (Å²) in [5.74, 6) is 0.0228. The van der Waals surface area contributed by atoms with Crippen LogP contribution < -0.4 is 5.73 Å². The van der Waals surface area contributed by atoms with E-state index in [1.165, 1.54) is 0 Å². The second kappa shape index (κ2) is 4.16. The average molecular weight is 253 g/mol. The molecule has 0 radical (unpaired) electrons. The van der Waals surface area contributed by atoms with Crippen molar-refractivity contribution in [1.29, 1.82) is 0 Å². The number of amides is 1. The molecule has 0 aliphatic rings. The number of aromatic nitrogens is 4. The molecular formula is C13H11N5O. The van der Waals surface area contributed by atoms with Crippen LogP contribution in [0.2, 0.25) is 0 Å². The van der Waals surface area contributed by atoms with Crippen molar-refractivity contribution in [3.8, 4) is 11.4 Å². The summed E-state index contributed by atoms with van der Waals surface area (Å²) in [5.41, 5.74) is 7.87. The molecule has 0 unspecified atom stereocenters. The number of nitrogens with two attached hydrogens (primary N) is 1. The molecule has 3 rings (SSSR count). The minimum absolute atomic E-state index is 0.354. The van der Waals surface area contributed by atoms with E-state index >= 15 is 0 Å². The number of hydrogen-bond donors (Lipinski definition) is 1. The molecule has 0 aliphatic carbocycles. The Morgan fingerprint density at radius 1 is 1.37 bits per heavy atom. The van der Waals surface area contributed by atoms with Crippen LogP contribution in [-0.2, 0) is 0 Å². The molecule has 0 saturated carbocycles. The molecule has 94 valence electrons. The van der Waals surface area contributed by atoms with Gasteiger partial charge in [-0.3, -0.25) is 9.78 Å². The molecule has 19 heavy (non-hydrogen) atoms. The van der Waals surface area contributed by atoms with E-state index in [4.69, 9.17) is 5.73 Å². The standard InChI is InChI=1S/C13H11N5O/c1-8-7-9(4-5-15-8)12-16-13-10(11(14)19)3-2-6-18(13)17-12/h2-7H,1H3,(H2,14,19). The molecular weight excluding hydrogens is 242 g/mol. The summed E-state index contributed by atoms with van der Waals surface area (Å²) in [7, 11) is 0. The van der Waals surface area contributed by atoms with Crippen LogP contribution in [0.4, 0.5) is 0 Å². The van der Waals surface area contributed by atoms with Crippen molar-refractivity contribution < 1.29 is 4.79 Å². The highest BCUT2D eigenvalue weighted by atomic mass is 16.1. The van der Waals surface area contributed by atoms with Gasteiger partial charge in [0.1, 0.15) is 0 Å². The van der Waals surface area contributed by atoms with E-state index in [9.17, 15) is 4.79 Å². The van der Waals surface area contributed by atoms with E-state index in [0.29, 0.717) is 17.0 Å². The molecule has 0 spiro atoms. The van der Waals surface area contributed by atoms with Crippen molar-refractivity contribution >= 4 is 11.6 Å². The number of aryl methyl sites for hydroxylation is 1. The van der Waals surface area contributed by atoms with Crippen molar-refractivity contribution in [2.45, 2.75) is 6.92 Å². The lowest BCUT2D eigenvalue weighted by molar-refractivity contribution is 0.100. The first-order valence-electron chi connectivity index (χ1n) is 5.73. The van der Waals surface area contributed by atoms with Crippen molar-refractivity contribution in [2.75, 3.05) is 0 Å². The first-order chi connectivity index (χ1) is 9.15. The van der Waals surface area contributed by atoms with Crippen molar-refractivity contribution in [3.05, 3.63) is 47.9 Å². The Morgan fingerprint density at radius 2 is 2.21 bits per heavy atom. The van der Waals surface area contributed by atoms with Crippen molar-refractivity contribution in [1.82, 2.24) is 19.6 Å². The zero-order chi connectivity index (χ0) is 13.4. The Balaban J connectivity index is 2.22. The van der Waals surface area contributed by atoms with E-state index in [0.717, 1.165) is 11.3 Å². The summed E-state index contributed by atoms with van der Waals surface area (Å²) in [6.07, 6.45) is 3.43. The molecule has 0 bridgehead atoms. The summed E-state index contributed by atoms with van der Waals surface area (Å²) in [6.45, 7) is 1.90. The molecule has 0 aromatic carbocycles. The fourth-order valence-corrected chi connectivity index (χ4v) is 1.91. The van der Waals surface area contributed by atoms with Crippen LogP contribution in [0.5, 0.6) is 0 Å². The fourth-order valence-electron chi connectivity index (χ4n) is 1.91. The van der Waals surface area contributed by atoms with Gasteiger partial charge in [-0.1, -0.05) is 0 Å². The number of nitrogens with zero attached hydrogens (tertiary/aromatic N) is 4. The molecule has 3 heterocycles. The molecule has 0 saturated heterocycles. The summed E-state index contributed by atoms with van der Waals surface area (Å²) in [5, 5.41) is 4.34. The Morgan fingerprint density at radius 3 is 2.95 bits per heavy atom. The molecule has 2 N–H and O–H groups in total. The van der Waals surface area contributed by atoms with Crippen LogP contribution >= 0.6 is 0 Å². The predicted molar refractivity (Wildman–Crippen MR) is 69.5 cm³/mol. The van der Waals surface area contributed by atoms with E-state index < -0.39 is 5.91 Å². The summed E-state index contributed by atoms with van der Waals surface area (Å²) in [4.78, 5) is 19.8. The molecule has 3 aromatic rings. The number of hydrogen-bond acceptors (Lipinski definition) is 4. The lowest BCUT2D eigenvalue weighted by atomic mass is 10.2. The number of rotatable bonds is 2. The van der Waals surface area contributed by atoms with Crippen LogP contribution in [-0.4, -0.2) is 25.5 Å². The first-order valence-corrected chi connectivity index (χ1v) is 5.73. The van der Waals surface area contributed by atoms with Gasteiger partial charge in [0.15, 0.2) is 11.5 Å². The van der Waals surface area contributed by atoms with Crippen molar-refractivity contribution in [2.24, 2.45) is 5.73 Å². The summed E-state index contributed by atoms with van der Waals surface area (Å²) in [6, 6.07) is 7.06. The first kappa shape index (κ1) is 11.3. The number of carbonyl (C=O) groups is 1. The third kappa shape index (κ3) is 1.93. The van der Waals surface area contributed by atoms with Gasteiger partial charge in [-0.2, -0.15) is 0 Å². The summed E-state index contributed by atoms with van der Waals surface area (Å²) < 4.78 is 1.55. The third-order valence-electron chi connectivity index (χ3n) is 2.78. The van der Waals surface area contributed by atoms with Gasteiger partial charge in [0.2, 0.25) is 0 Å². The Kier molecular flexibility index (Phi) is 2.49. The van der Waals surface area contributed by atoms with Crippen LogP contribution in [0, 0.1) is 6.92 Å². The fraction of sp³-hybridized carbons (Fsp3) is 0.0769. The van der Waals surface area contributed by atoms with E-state index in [1.54, 1.807) is 29.0 Å². The molecule has 0 atom stereocenters. The lowest BCUT2D eigenvalue weighted by Crippen LogP contribution is -2.12. The number of pyridine rings is 2. The zero-order valence-corrected chi connectivity index (χ0v) is 10.2. The smallest absolute Gasteiger partial charge is 0.252 e. The van der Waals surface area contributed by atoms with Crippen LogP contribution in [0.25, 0.3) is 17.0 Å². The number of primary amides is 1. The number of fused-ring (bicyclic) bond motifs is 1. The van der Waals surface area contributed by atoms with Crippen molar-refractivity contribution in [3.63, 3.8) is 0 Å². The lowest BCUT2D eigenvalue weighted by Gasteiger charge is -1.95. The second-order valence-electron chi connectivity index (χ2n) is 4.18. The Bertz CT molecular complexity index is 778. The van der Waals surface area contributed by atoms with E-state index in [1.807, 2.05) is 19.1 Å². The molecule has 3 aromatic heterocycles. The maximum absolute atomic E-state index is 11.3. The van der Waals surface area contributed by atoms with Crippen LogP contribution in [0.1, 0.15) is 16.1 Å². The zero-order valence-electron chi connectivity index (χ0n) is 10.2. The van der Waals surface area contributed by atoms with Gasteiger partial charge in [-0.25, -0.2) is 9.50 Å². The molecule has 6 heteroatoms. The summed E-state index contributed by atoms with van der Waals surface area (Å²) >= 11 is 0. The second-order valence-corrected chi connectivity index (χ2v) is 4.18. The Labute approximate surface area is 108 Å². The Hall–Kier alpha value is -2.76. The molecule has 6 nitrogen and oxygen atoms in total. The van der Waals surface area contributed by atoms with Gasteiger partial charge in [-0.05, 0) is 31.2 Å². The monoisotopic (exact) mass is 253 g/mol. The maximum atomic E-state index is 11.3. The quantitative estimate of drug-likeness (QED) is 0.743. The number of carbonyl (C=O) groups excluding carboxylic acids is 1. The van der Waals surface area contributed by atoms with Gasteiger partial charge < -0.3 is 5.73 Å². The van der Waals surface area contributed by atoms with E-state index in [-0.39, 0.29) is 0 Å². The van der Waals surface area contributed by atoms with Gasteiger partial charge in [0.05, 0.1) is 5.56 Å². The van der Waals surface area contributed by atoms with Crippen LogP contribution in [0.15, 0.2) is 36.7 Å². The highest BCUT2D eigenvalue weighted by Gasteiger charge is 2.12.